The summed E-state index contributed by atoms with van der Waals surface area (Å²) in [4.78, 5) is 0. The Morgan fingerprint density at radius 1 is 1.10 bits per heavy atom. The number of allylic oxidation sites excluding steroid dienone is 1. The number of aryl methyl sites for hydroxylation is 2. The Kier molecular flexibility index (Phi) is 4.30. The predicted molar refractivity (Wildman–Crippen MR) is 94.8 cm³/mol. The second-order valence-corrected chi connectivity index (χ2v) is 6.82. The molecule has 0 radical (unpaired) electrons. The van der Waals surface area contributed by atoms with Gasteiger partial charge in [-0.25, -0.2) is 0 Å². The van der Waals surface area contributed by atoms with Crippen LogP contribution in [0.4, 0.5) is 0 Å². The van der Waals surface area contributed by atoms with Gasteiger partial charge in [0, 0.05) is 10.4 Å². The minimum Gasteiger partial charge on any atom is -0.0720 e. The molecule has 1 unspecified atom stereocenters. The quantitative estimate of drug-likeness (QED) is 0.616. The summed E-state index contributed by atoms with van der Waals surface area (Å²) in [6.07, 6.45) is 8.32. The minimum absolute atomic E-state index is 0.399. The van der Waals surface area contributed by atoms with E-state index >= 15 is 0 Å². The zero-order chi connectivity index (χ0) is 14.8. The molecule has 1 atom stereocenters. The van der Waals surface area contributed by atoms with Crippen molar-refractivity contribution in [3.05, 3.63) is 74.8 Å². The van der Waals surface area contributed by atoms with Gasteiger partial charge >= 0.3 is 0 Å². The highest BCUT2D eigenvalue weighted by molar-refractivity contribution is 9.10. The van der Waals surface area contributed by atoms with Crippen molar-refractivity contribution in [3.8, 4) is 0 Å². The maximum absolute atomic E-state index is 3.63. The van der Waals surface area contributed by atoms with Crippen molar-refractivity contribution in [1.29, 1.82) is 0 Å². The molecule has 2 aromatic rings. The molecule has 108 valence electrons. The van der Waals surface area contributed by atoms with Gasteiger partial charge in [0.1, 0.15) is 0 Å². The number of hydrogen-bond donors (Lipinski definition) is 0. The molecule has 0 amide bonds. The van der Waals surface area contributed by atoms with Crippen molar-refractivity contribution < 1.29 is 0 Å². The molecule has 3 rings (SSSR count). The fraction of sp³-hybridized carbons (Fsp3) is 0.300. The van der Waals surface area contributed by atoms with Crippen LogP contribution in [0.5, 0.6) is 0 Å². The molecule has 0 saturated heterocycles. The zero-order valence-corrected chi connectivity index (χ0v) is 14.3. The Morgan fingerprint density at radius 2 is 1.86 bits per heavy atom. The summed E-state index contributed by atoms with van der Waals surface area (Å²) in [5.74, 6) is 0.399. The molecule has 0 bridgehead atoms. The standard InChI is InChI=1S/C20H21Br/c1-3-4-5-15-6-8-16(9-7-15)19-11-10-18-14(2)12-17(21)13-20(18)19/h6-13,19H,3-5H2,1-2H3. The van der Waals surface area contributed by atoms with E-state index in [-0.39, 0.29) is 0 Å². The lowest BCUT2D eigenvalue weighted by molar-refractivity contribution is 0.794. The van der Waals surface area contributed by atoms with E-state index in [9.17, 15) is 0 Å². The van der Waals surface area contributed by atoms with Gasteiger partial charge < -0.3 is 0 Å². The first-order chi connectivity index (χ1) is 10.2. The van der Waals surface area contributed by atoms with Crippen molar-refractivity contribution >= 4 is 22.0 Å². The summed E-state index contributed by atoms with van der Waals surface area (Å²) in [5.41, 5.74) is 7.00. The van der Waals surface area contributed by atoms with E-state index in [4.69, 9.17) is 0 Å². The van der Waals surface area contributed by atoms with Crippen LogP contribution in [0.15, 0.2) is 46.9 Å². The van der Waals surface area contributed by atoms with E-state index in [1.807, 2.05) is 0 Å². The van der Waals surface area contributed by atoms with Gasteiger partial charge in [-0.05, 0) is 59.7 Å². The topological polar surface area (TPSA) is 0 Å². The van der Waals surface area contributed by atoms with Gasteiger partial charge in [0.2, 0.25) is 0 Å². The van der Waals surface area contributed by atoms with E-state index < -0.39 is 0 Å². The van der Waals surface area contributed by atoms with Crippen molar-refractivity contribution in [2.75, 3.05) is 0 Å². The smallest absolute Gasteiger partial charge is 0.0279 e. The Labute approximate surface area is 136 Å². The summed E-state index contributed by atoms with van der Waals surface area (Å²) >= 11 is 3.63. The molecule has 1 aliphatic rings. The molecule has 0 N–H and O–H groups in total. The molecular weight excluding hydrogens is 320 g/mol. The summed E-state index contributed by atoms with van der Waals surface area (Å²) in [5, 5.41) is 0. The molecule has 0 aliphatic heterocycles. The Hall–Kier alpha value is -1.34. The van der Waals surface area contributed by atoms with Gasteiger partial charge in [0.15, 0.2) is 0 Å². The van der Waals surface area contributed by atoms with Gasteiger partial charge in [0.25, 0.3) is 0 Å². The largest absolute Gasteiger partial charge is 0.0720 e. The summed E-state index contributed by atoms with van der Waals surface area (Å²) in [6.45, 7) is 4.43. The molecule has 0 nitrogen and oxygen atoms in total. The molecule has 0 aromatic heterocycles. The highest BCUT2D eigenvalue weighted by Gasteiger charge is 2.20. The van der Waals surface area contributed by atoms with Crippen molar-refractivity contribution in [2.24, 2.45) is 0 Å². The molecule has 21 heavy (non-hydrogen) atoms. The third kappa shape index (κ3) is 2.98. The summed E-state index contributed by atoms with van der Waals surface area (Å²) in [6, 6.07) is 13.6. The van der Waals surface area contributed by atoms with Crippen LogP contribution in [0.25, 0.3) is 6.08 Å². The maximum atomic E-state index is 3.63. The van der Waals surface area contributed by atoms with Crippen LogP contribution in [0.2, 0.25) is 0 Å². The first-order valence-corrected chi connectivity index (χ1v) is 8.55. The Bertz CT molecular complexity index is 665. The van der Waals surface area contributed by atoms with E-state index in [0.29, 0.717) is 5.92 Å². The number of rotatable bonds is 4. The lowest BCUT2D eigenvalue weighted by atomic mass is 9.91. The number of fused-ring (bicyclic) bond motifs is 1. The monoisotopic (exact) mass is 340 g/mol. The fourth-order valence-corrected chi connectivity index (χ4v) is 3.71. The number of hydrogen-bond acceptors (Lipinski definition) is 0. The van der Waals surface area contributed by atoms with E-state index in [0.717, 1.165) is 0 Å². The molecule has 0 heterocycles. The Morgan fingerprint density at radius 3 is 2.57 bits per heavy atom. The van der Waals surface area contributed by atoms with Crippen LogP contribution in [0.1, 0.15) is 53.5 Å². The molecule has 0 fully saturated rings. The van der Waals surface area contributed by atoms with Gasteiger partial charge in [-0.1, -0.05) is 65.7 Å². The van der Waals surface area contributed by atoms with Crippen LogP contribution in [-0.4, -0.2) is 0 Å². The number of halogens is 1. The van der Waals surface area contributed by atoms with E-state index in [1.165, 1.54) is 51.6 Å². The van der Waals surface area contributed by atoms with E-state index in [2.05, 4.69) is 78.3 Å². The average Bonchev–Trinajstić information content (AvgIpc) is 2.89. The lowest BCUT2D eigenvalue weighted by Crippen LogP contribution is -1.98. The molecule has 1 heteroatoms. The molecule has 0 saturated carbocycles. The van der Waals surface area contributed by atoms with Crippen LogP contribution < -0.4 is 0 Å². The Balaban J connectivity index is 1.89. The third-order valence-corrected chi connectivity index (χ3v) is 4.79. The van der Waals surface area contributed by atoms with Gasteiger partial charge in [-0.2, -0.15) is 0 Å². The van der Waals surface area contributed by atoms with Crippen molar-refractivity contribution in [2.45, 2.75) is 39.0 Å². The fourth-order valence-electron chi connectivity index (χ4n) is 3.12. The van der Waals surface area contributed by atoms with Crippen LogP contribution in [0.3, 0.4) is 0 Å². The average molecular weight is 341 g/mol. The van der Waals surface area contributed by atoms with Crippen LogP contribution >= 0.6 is 15.9 Å². The second-order valence-electron chi connectivity index (χ2n) is 5.91. The normalized spacial score (nSPS) is 16.2. The van der Waals surface area contributed by atoms with Crippen molar-refractivity contribution in [3.63, 3.8) is 0 Å². The maximum Gasteiger partial charge on any atom is 0.0279 e. The SMILES string of the molecule is CCCCc1ccc(C2C=Cc3c(C)cc(Br)cc32)cc1. The zero-order valence-electron chi connectivity index (χ0n) is 12.7. The summed E-state index contributed by atoms with van der Waals surface area (Å²) in [7, 11) is 0. The second kappa shape index (κ2) is 6.19. The molecule has 1 aliphatic carbocycles. The predicted octanol–water partition coefficient (Wildman–Crippen LogP) is 6.26. The van der Waals surface area contributed by atoms with Gasteiger partial charge in [-0.3, -0.25) is 0 Å². The first-order valence-electron chi connectivity index (χ1n) is 7.76. The van der Waals surface area contributed by atoms with E-state index in [1.54, 1.807) is 0 Å². The minimum atomic E-state index is 0.399. The highest BCUT2D eigenvalue weighted by atomic mass is 79.9. The van der Waals surface area contributed by atoms with Crippen LogP contribution in [0, 0.1) is 6.92 Å². The van der Waals surface area contributed by atoms with Crippen molar-refractivity contribution in [1.82, 2.24) is 0 Å². The number of unbranched alkanes of at least 4 members (excludes halogenated alkanes) is 1. The first kappa shape index (κ1) is 14.6. The van der Waals surface area contributed by atoms with Gasteiger partial charge in [0.05, 0.1) is 0 Å². The molecular formula is C20H21Br. The number of benzene rings is 2. The summed E-state index contributed by atoms with van der Waals surface area (Å²) < 4.78 is 1.17. The lowest BCUT2D eigenvalue weighted by Gasteiger charge is -2.14. The third-order valence-electron chi connectivity index (χ3n) is 4.33. The molecule has 2 aromatic carbocycles. The van der Waals surface area contributed by atoms with Gasteiger partial charge in [-0.15, -0.1) is 0 Å². The highest BCUT2D eigenvalue weighted by Crippen LogP contribution is 2.38. The van der Waals surface area contributed by atoms with Crippen LogP contribution in [-0.2, 0) is 6.42 Å². The molecule has 0 spiro atoms.